The topological polar surface area (TPSA) is 113 Å². The lowest BCUT2D eigenvalue weighted by Crippen LogP contribution is -2.27. The highest BCUT2D eigenvalue weighted by atomic mass is 35.5. The molecule has 1 aromatic heterocycles. The molecular formula is C12H11ClN4O3. The van der Waals surface area contributed by atoms with Gasteiger partial charge in [0.15, 0.2) is 11.2 Å². The summed E-state index contributed by atoms with van der Waals surface area (Å²) < 4.78 is 5.49. The predicted octanol–water partition coefficient (Wildman–Crippen LogP) is 1.38. The average Bonchev–Trinajstić information content (AvgIpc) is 2.41. The fourth-order valence-electron chi connectivity index (χ4n) is 1.53. The summed E-state index contributed by atoms with van der Waals surface area (Å²) in [5, 5.41) is 16.2. The predicted molar refractivity (Wildman–Crippen MR) is 76.4 cm³/mol. The molecule has 0 fully saturated rings. The van der Waals surface area contributed by atoms with Gasteiger partial charge in [-0.25, -0.2) is 5.48 Å². The number of nitrogens with zero attached hydrogens (tertiary/aromatic N) is 2. The van der Waals surface area contributed by atoms with Gasteiger partial charge in [-0.2, -0.15) is 5.10 Å². The maximum Gasteiger partial charge on any atom is 0.237 e. The number of guanidine groups is 1. The third kappa shape index (κ3) is 2.95. The Morgan fingerprint density at radius 2 is 2.25 bits per heavy atom. The first-order valence-corrected chi connectivity index (χ1v) is 5.89. The zero-order valence-corrected chi connectivity index (χ0v) is 11.2. The summed E-state index contributed by atoms with van der Waals surface area (Å²) in [5.74, 6) is -0.0780. The second-order valence-electron chi connectivity index (χ2n) is 3.95. The highest BCUT2D eigenvalue weighted by molar-refractivity contribution is 6.32. The molecule has 7 nitrogen and oxygen atoms in total. The van der Waals surface area contributed by atoms with Crippen molar-refractivity contribution >= 4 is 34.7 Å². The molecular weight excluding hydrogens is 284 g/mol. The molecule has 0 bridgehead atoms. The van der Waals surface area contributed by atoms with Gasteiger partial charge in [-0.05, 0) is 24.6 Å². The number of fused-ring (bicyclic) bond motifs is 1. The van der Waals surface area contributed by atoms with Crippen molar-refractivity contribution in [2.75, 3.05) is 0 Å². The number of halogens is 1. The summed E-state index contributed by atoms with van der Waals surface area (Å²) in [7, 11) is 0. The van der Waals surface area contributed by atoms with E-state index < -0.39 is 0 Å². The Bertz CT molecular complexity index is 767. The summed E-state index contributed by atoms with van der Waals surface area (Å²) in [6.45, 7) is 1.81. The van der Waals surface area contributed by atoms with Gasteiger partial charge in [0, 0.05) is 11.1 Å². The third-order valence-corrected chi connectivity index (χ3v) is 2.90. The molecule has 4 N–H and O–H groups in total. The fourth-order valence-corrected chi connectivity index (χ4v) is 1.69. The molecule has 0 aliphatic rings. The van der Waals surface area contributed by atoms with Crippen molar-refractivity contribution in [1.82, 2.24) is 5.48 Å². The zero-order chi connectivity index (χ0) is 14.7. The van der Waals surface area contributed by atoms with Gasteiger partial charge >= 0.3 is 0 Å². The molecule has 0 atom stereocenters. The van der Waals surface area contributed by atoms with Crippen LogP contribution in [0.15, 0.2) is 37.6 Å². The molecule has 104 valence electrons. The highest BCUT2D eigenvalue weighted by Crippen LogP contribution is 2.21. The average molecular weight is 295 g/mol. The van der Waals surface area contributed by atoms with Crippen molar-refractivity contribution in [3.05, 3.63) is 44.8 Å². The molecule has 1 heterocycles. The first kappa shape index (κ1) is 14.0. The highest BCUT2D eigenvalue weighted by Gasteiger charge is 2.06. The second kappa shape index (κ2) is 5.72. The molecule has 0 radical (unpaired) electrons. The Kier molecular flexibility index (Phi) is 4.02. The molecule has 8 heteroatoms. The normalized spacial score (nSPS) is 12.2. The molecule has 0 spiro atoms. The lowest BCUT2D eigenvalue weighted by molar-refractivity contribution is 0.232. The zero-order valence-electron chi connectivity index (χ0n) is 10.4. The van der Waals surface area contributed by atoms with E-state index in [1.54, 1.807) is 24.5 Å². The Balaban J connectivity index is 2.48. The number of hydroxylamine groups is 1. The summed E-state index contributed by atoms with van der Waals surface area (Å²) >= 11 is 5.96. The number of nitrogens with one attached hydrogen (secondary N) is 1. The maximum atomic E-state index is 11.9. The number of hydrogen-bond acceptors (Lipinski definition) is 5. The maximum absolute atomic E-state index is 11.9. The smallest absolute Gasteiger partial charge is 0.237 e. The van der Waals surface area contributed by atoms with E-state index in [4.69, 9.17) is 27.0 Å². The minimum atomic E-state index is -0.285. The van der Waals surface area contributed by atoms with Crippen LogP contribution in [0.5, 0.6) is 0 Å². The van der Waals surface area contributed by atoms with E-state index in [-0.39, 0.29) is 17.1 Å². The van der Waals surface area contributed by atoms with E-state index in [9.17, 15) is 4.79 Å². The van der Waals surface area contributed by atoms with Gasteiger partial charge in [0.25, 0.3) is 0 Å². The monoisotopic (exact) mass is 294 g/mol. The fraction of sp³-hybridized carbons (Fsp3) is 0.0833. The third-order valence-electron chi connectivity index (χ3n) is 2.49. The van der Waals surface area contributed by atoms with Crippen molar-refractivity contribution in [3.63, 3.8) is 0 Å². The molecule has 2 aromatic rings. The molecule has 0 aliphatic heterocycles. The van der Waals surface area contributed by atoms with Crippen LogP contribution in [0.2, 0.25) is 5.02 Å². The summed E-state index contributed by atoms with van der Waals surface area (Å²) in [4.78, 5) is 11.9. The minimum Gasteiger partial charge on any atom is -0.455 e. The standard InChI is InChI=1S/C12H11ClN4O3/c1-6-2-11-8(4-9(6)13)10(18)3-7(20-11)5-15-16-12(14)17-19/h2-5,19H,1H3,(H3,14,16,17)/b15-5+. The van der Waals surface area contributed by atoms with E-state index in [1.165, 1.54) is 12.3 Å². The Labute approximate surface area is 118 Å². The summed E-state index contributed by atoms with van der Waals surface area (Å²) in [5.41, 5.74) is 7.73. The summed E-state index contributed by atoms with van der Waals surface area (Å²) in [6, 6.07) is 4.49. The van der Waals surface area contributed by atoms with Gasteiger partial charge in [0.2, 0.25) is 5.96 Å². The molecule has 0 amide bonds. The van der Waals surface area contributed by atoms with Crippen LogP contribution >= 0.6 is 11.6 Å². The van der Waals surface area contributed by atoms with Gasteiger partial charge in [-0.3, -0.25) is 10.0 Å². The van der Waals surface area contributed by atoms with Crippen LogP contribution in [0.1, 0.15) is 11.3 Å². The van der Waals surface area contributed by atoms with Crippen LogP contribution in [-0.4, -0.2) is 17.4 Å². The Hall–Kier alpha value is -2.38. The van der Waals surface area contributed by atoms with Crippen LogP contribution in [-0.2, 0) is 0 Å². The second-order valence-corrected chi connectivity index (χ2v) is 4.36. The van der Waals surface area contributed by atoms with Gasteiger partial charge in [-0.15, -0.1) is 5.10 Å². The molecule has 2 rings (SSSR count). The van der Waals surface area contributed by atoms with Gasteiger partial charge in [0.05, 0.1) is 11.6 Å². The number of benzene rings is 1. The lowest BCUT2D eigenvalue weighted by Gasteiger charge is -2.02. The van der Waals surface area contributed by atoms with Crippen molar-refractivity contribution in [2.45, 2.75) is 6.92 Å². The quantitative estimate of drug-likeness (QED) is 0.440. The van der Waals surface area contributed by atoms with E-state index in [2.05, 4.69) is 10.2 Å². The van der Waals surface area contributed by atoms with Crippen molar-refractivity contribution in [3.8, 4) is 0 Å². The van der Waals surface area contributed by atoms with E-state index in [1.807, 2.05) is 0 Å². The summed E-state index contributed by atoms with van der Waals surface area (Å²) in [6.07, 6.45) is 1.20. The van der Waals surface area contributed by atoms with E-state index in [0.29, 0.717) is 16.0 Å². The van der Waals surface area contributed by atoms with Crippen molar-refractivity contribution < 1.29 is 9.62 Å². The van der Waals surface area contributed by atoms with Crippen LogP contribution in [0, 0.1) is 6.92 Å². The van der Waals surface area contributed by atoms with Crippen LogP contribution in [0.25, 0.3) is 11.0 Å². The largest absolute Gasteiger partial charge is 0.455 e. The van der Waals surface area contributed by atoms with Crippen LogP contribution in [0.3, 0.4) is 0 Å². The first-order chi connectivity index (χ1) is 9.51. The molecule has 0 saturated heterocycles. The van der Waals surface area contributed by atoms with Crippen molar-refractivity contribution in [1.29, 1.82) is 0 Å². The molecule has 0 unspecified atom stereocenters. The van der Waals surface area contributed by atoms with Crippen molar-refractivity contribution in [2.24, 2.45) is 15.9 Å². The molecule has 0 aliphatic carbocycles. The van der Waals surface area contributed by atoms with Gasteiger partial charge in [-0.1, -0.05) is 11.6 Å². The minimum absolute atomic E-state index is 0.207. The molecule has 1 aromatic carbocycles. The van der Waals surface area contributed by atoms with Gasteiger partial charge < -0.3 is 10.2 Å². The van der Waals surface area contributed by atoms with Crippen LogP contribution in [0.4, 0.5) is 0 Å². The lowest BCUT2D eigenvalue weighted by atomic mass is 10.1. The number of hydrogen-bond donors (Lipinski definition) is 3. The number of rotatable bonds is 2. The van der Waals surface area contributed by atoms with Crippen LogP contribution < -0.4 is 16.6 Å². The number of nitrogens with two attached hydrogens (primary N) is 1. The first-order valence-electron chi connectivity index (χ1n) is 5.52. The number of aryl methyl sites for hydroxylation is 1. The molecule has 20 heavy (non-hydrogen) atoms. The van der Waals surface area contributed by atoms with E-state index >= 15 is 0 Å². The molecule has 0 saturated carbocycles. The SMILES string of the molecule is Cc1cc2oc(/C=N/N=C(N)NO)cc(=O)c2cc1Cl. The van der Waals surface area contributed by atoms with E-state index in [0.717, 1.165) is 5.56 Å². The Morgan fingerprint density at radius 3 is 2.95 bits per heavy atom. The Morgan fingerprint density at radius 1 is 1.50 bits per heavy atom. The van der Waals surface area contributed by atoms with Gasteiger partial charge in [0.1, 0.15) is 5.58 Å².